The lowest BCUT2D eigenvalue weighted by molar-refractivity contribution is -0.148. The van der Waals surface area contributed by atoms with Gasteiger partial charge in [0.25, 0.3) is 0 Å². The molecule has 0 spiro atoms. The van der Waals surface area contributed by atoms with Gasteiger partial charge < -0.3 is 14.8 Å². The van der Waals surface area contributed by atoms with Gasteiger partial charge >= 0.3 is 5.97 Å². The van der Waals surface area contributed by atoms with E-state index >= 15 is 0 Å². The van der Waals surface area contributed by atoms with Crippen molar-refractivity contribution in [2.75, 3.05) is 25.1 Å². The summed E-state index contributed by atoms with van der Waals surface area (Å²) in [5.41, 5.74) is -0.0890. The lowest BCUT2D eigenvalue weighted by Gasteiger charge is -2.23. The number of thiazole rings is 1. The van der Waals surface area contributed by atoms with Gasteiger partial charge in [-0.25, -0.2) is 4.98 Å². The molecule has 21 heavy (non-hydrogen) atoms. The number of carbonyl (C=O) groups excluding carboxylic acids is 1. The van der Waals surface area contributed by atoms with Gasteiger partial charge in [-0.3, -0.25) is 4.79 Å². The fraction of sp³-hybridized carbons (Fsp3) is 0.733. The van der Waals surface area contributed by atoms with E-state index in [-0.39, 0.29) is 11.6 Å². The van der Waals surface area contributed by atoms with Crippen LogP contribution in [0.15, 0.2) is 5.38 Å². The number of rotatable bonds is 6. The van der Waals surface area contributed by atoms with Crippen molar-refractivity contribution in [2.24, 2.45) is 0 Å². The molecule has 1 N–H and O–H groups in total. The maximum Gasteiger partial charge on any atom is 0.317 e. The third-order valence-corrected chi connectivity index (χ3v) is 4.64. The molecule has 2 heterocycles. The van der Waals surface area contributed by atoms with Crippen molar-refractivity contribution in [3.8, 4) is 0 Å². The van der Waals surface area contributed by atoms with Crippen molar-refractivity contribution < 1.29 is 14.3 Å². The number of carbonyl (C=O) groups is 1. The van der Waals surface area contributed by atoms with E-state index < -0.39 is 5.41 Å². The predicted molar refractivity (Wildman–Crippen MR) is 83.9 cm³/mol. The van der Waals surface area contributed by atoms with Crippen LogP contribution in [-0.4, -0.2) is 36.3 Å². The van der Waals surface area contributed by atoms with Crippen LogP contribution in [-0.2, 0) is 19.7 Å². The van der Waals surface area contributed by atoms with E-state index in [1.54, 1.807) is 0 Å². The fourth-order valence-corrected chi connectivity index (χ4v) is 3.17. The van der Waals surface area contributed by atoms with Crippen LogP contribution in [0, 0.1) is 0 Å². The molecule has 0 bridgehead atoms. The molecule has 1 aromatic heterocycles. The Balaban J connectivity index is 1.99. The van der Waals surface area contributed by atoms with Gasteiger partial charge in [0.2, 0.25) is 0 Å². The molecule has 1 fully saturated rings. The van der Waals surface area contributed by atoms with Crippen molar-refractivity contribution in [2.45, 2.75) is 51.6 Å². The quantitative estimate of drug-likeness (QED) is 0.818. The Labute approximate surface area is 130 Å². The van der Waals surface area contributed by atoms with E-state index in [4.69, 9.17) is 9.47 Å². The Bertz CT molecular complexity index is 493. The minimum Gasteiger partial charge on any atom is -0.465 e. The Morgan fingerprint density at radius 3 is 3.00 bits per heavy atom. The molecule has 2 rings (SSSR count). The van der Waals surface area contributed by atoms with Crippen LogP contribution in [0.3, 0.4) is 0 Å². The molecule has 1 unspecified atom stereocenters. The van der Waals surface area contributed by atoms with E-state index in [2.05, 4.69) is 17.2 Å². The summed E-state index contributed by atoms with van der Waals surface area (Å²) < 4.78 is 10.9. The standard InChI is InChI=1S/C15H24N2O3S/c1-5-19-12(18)14(2,3)11-9-21-13(17-11)16-10-15(4)7-6-8-20-15/h9H,5-8,10H2,1-4H3,(H,16,17). The third kappa shape index (κ3) is 3.74. The third-order valence-electron chi connectivity index (χ3n) is 3.84. The number of aromatic nitrogens is 1. The van der Waals surface area contributed by atoms with Gasteiger partial charge in [0, 0.05) is 18.5 Å². The van der Waals surface area contributed by atoms with E-state index in [0.717, 1.165) is 36.8 Å². The SMILES string of the molecule is CCOC(=O)C(C)(C)c1csc(NCC2(C)CCCO2)n1. The van der Waals surface area contributed by atoms with Gasteiger partial charge in [-0.15, -0.1) is 11.3 Å². The highest BCUT2D eigenvalue weighted by Gasteiger charge is 2.34. The van der Waals surface area contributed by atoms with Gasteiger partial charge in [-0.1, -0.05) is 0 Å². The second-order valence-electron chi connectivity index (χ2n) is 6.14. The van der Waals surface area contributed by atoms with Crippen LogP contribution < -0.4 is 5.32 Å². The highest BCUT2D eigenvalue weighted by atomic mass is 32.1. The smallest absolute Gasteiger partial charge is 0.317 e. The topological polar surface area (TPSA) is 60.5 Å². The highest BCUT2D eigenvalue weighted by molar-refractivity contribution is 7.13. The van der Waals surface area contributed by atoms with E-state index in [9.17, 15) is 4.79 Å². The first-order valence-electron chi connectivity index (χ1n) is 7.38. The maximum atomic E-state index is 12.0. The Morgan fingerprint density at radius 2 is 2.38 bits per heavy atom. The van der Waals surface area contributed by atoms with Crippen molar-refractivity contribution in [1.29, 1.82) is 0 Å². The summed E-state index contributed by atoms with van der Waals surface area (Å²) >= 11 is 1.51. The molecule has 0 saturated carbocycles. The number of nitrogens with one attached hydrogen (secondary N) is 1. The van der Waals surface area contributed by atoms with E-state index in [1.165, 1.54) is 11.3 Å². The predicted octanol–water partition coefficient (Wildman–Crippen LogP) is 2.96. The van der Waals surface area contributed by atoms with Crippen LogP contribution >= 0.6 is 11.3 Å². The number of nitrogens with zero attached hydrogens (tertiary/aromatic N) is 1. The largest absolute Gasteiger partial charge is 0.465 e. The summed E-state index contributed by atoms with van der Waals surface area (Å²) in [6, 6.07) is 0. The highest BCUT2D eigenvalue weighted by Crippen LogP contribution is 2.30. The zero-order valence-electron chi connectivity index (χ0n) is 13.2. The Kier molecular flexibility index (Phi) is 4.88. The first-order chi connectivity index (χ1) is 9.87. The molecule has 1 aliphatic rings. The molecule has 0 aromatic carbocycles. The summed E-state index contributed by atoms with van der Waals surface area (Å²) in [5, 5.41) is 6.05. The van der Waals surface area contributed by atoms with Crippen LogP contribution in [0.25, 0.3) is 0 Å². The van der Waals surface area contributed by atoms with Gasteiger partial charge in [0.15, 0.2) is 5.13 Å². The molecule has 118 valence electrons. The van der Waals surface area contributed by atoms with Crippen molar-refractivity contribution in [1.82, 2.24) is 4.98 Å². The summed E-state index contributed by atoms with van der Waals surface area (Å²) in [5.74, 6) is -0.243. The van der Waals surface area contributed by atoms with Crippen LogP contribution in [0.2, 0.25) is 0 Å². The Morgan fingerprint density at radius 1 is 1.62 bits per heavy atom. The van der Waals surface area contributed by atoms with Gasteiger partial charge in [-0.05, 0) is 40.5 Å². The van der Waals surface area contributed by atoms with Crippen molar-refractivity contribution >= 4 is 22.4 Å². The molecule has 5 nitrogen and oxygen atoms in total. The number of hydrogen-bond acceptors (Lipinski definition) is 6. The van der Waals surface area contributed by atoms with Crippen LogP contribution in [0.5, 0.6) is 0 Å². The van der Waals surface area contributed by atoms with Crippen LogP contribution in [0.4, 0.5) is 5.13 Å². The monoisotopic (exact) mass is 312 g/mol. The molecule has 1 aromatic rings. The lowest BCUT2D eigenvalue weighted by Crippen LogP contribution is -2.33. The molecule has 1 atom stereocenters. The molecule has 6 heteroatoms. The van der Waals surface area contributed by atoms with Crippen molar-refractivity contribution in [3.05, 3.63) is 11.1 Å². The molecular weight excluding hydrogens is 288 g/mol. The maximum absolute atomic E-state index is 12.0. The number of hydrogen-bond donors (Lipinski definition) is 1. The summed E-state index contributed by atoms with van der Waals surface area (Å²) in [6.07, 6.45) is 2.17. The molecule has 0 radical (unpaired) electrons. The van der Waals surface area contributed by atoms with E-state index in [0.29, 0.717) is 6.61 Å². The van der Waals surface area contributed by atoms with Gasteiger partial charge in [-0.2, -0.15) is 0 Å². The van der Waals surface area contributed by atoms with Crippen molar-refractivity contribution in [3.63, 3.8) is 0 Å². The number of ether oxygens (including phenoxy) is 2. The first kappa shape index (κ1) is 16.2. The zero-order valence-corrected chi connectivity index (χ0v) is 14.0. The van der Waals surface area contributed by atoms with Gasteiger partial charge in [0.05, 0.1) is 17.9 Å². The molecule has 0 aliphatic carbocycles. The van der Waals surface area contributed by atoms with E-state index in [1.807, 2.05) is 26.2 Å². The second-order valence-corrected chi connectivity index (χ2v) is 7.00. The number of esters is 1. The zero-order chi connectivity index (χ0) is 15.5. The molecule has 1 aliphatic heterocycles. The Hall–Kier alpha value is -1.14. The van der Waals surface area contributed by atoms with Crippen LogP contribution in [0.1, 0.15) is 46.2 Å². The summed E-state index contributed by atoms with van der Waals surface area (Å²) in [4.78, 5) is 16.5. The average Bonchev–Trinajstić information content (AvgIpc) is 3.06. The minimum absolute atomic E-state index is 0.109. The lowest BCUT2D eigenvalue weighted by atomic mass is 9.90. The second kappa shape index (κ2) is 6.32. The molecule has 1 saturated heterocycles. The first-order valence-corrected chi connectivity index (χ1v) is 8.26. The summed E-state index contributed by atoms with van der Waals surface area (Å²) in [6.45, 7) is 9.55. The number of anilines is 1. The van der Waals surface area contributed by atoms with Gasteiger partial charge in [0.1, 0.15) is 5.41 Å². The average molecular weight is 312 g/mol. The summed E-state index contributed by atoms with van der Waals surface area (Å²) in [7, 11) is 0. The fourth-order valence-electron chi connectivity index (χ4n) is 2.30. The molecule has 0 amide bonds. The normalized spacial score (nSPS) is 22.3. The molecular formula is C15H24N2O3S. The minimum atomic E-state index is -0.722.